The summed E-state index contributed by atoms with van der Waals surface area (Å²) in [6.45, 7) is 18.1. The Hall–Kier alpha value is 1.44. The van der Waals surface area contributed by atoms with Gasteiger partial charge in [-0.2, -0.15) is 8.42 Å². The van der Waals surface area contributed by atoms with E-state index < -0.39 is 43.5 Å². The lowest BCUT2D eigenvalue weighted by molar-refractivity contribution is 1.03. The molecule has 0 aromatic carbocycles. The Kier molecular flexibility index (Phi) is 3.80. The summed E-state index contributed by atoms with van der Waals surface area (Å²) in [6, 6.07) is 0. The molecule has 0 bridgehead atoms. The number of rotatable bonds is 0. The van der Waals surface area contributed by atoms with Crippen LogP contribution in [0.5, 0.6) is 0 Å². The minimum Gasteiger partial charge on any atom is -0.233 e. The summed E-state index contributed by atoms with van der Waals surface area (Å²) in [6.07, 6.45) is 9.04. The van der Waals surface area contributed by atoms with Crippen LogP contribution in [0.3, 0.4) is 0 Å². The van der Waals surface area contributed by atoms with Crippen LogP contribution >= 0.6 is 43.5 Å². The number of nitrogens with zero attached hydrogens (tertiary/aromatic N) is 6. The summed E-state index contributed by atoms with van der Waals surface area (Å²) in [4.78, 5) is 0. The van der Waals surface area contributed by atoms with Gasteiger partial charge in [0.05, 0.1) is 7.19 Å². The average Bonchev–Trinajstić information content (AvgIpc) is 2.03. The zero-order valence-electron chi connectivity index (χ0n) is 14.8. The zero-order chi connectivity index (χ0) is 17.0. The van der Waals surface area contributed by atoms with Crippen molar-refractivity contribution in [2.75, 3.05) is 53.3 Å². The number of hydrogen-bond acceptors (Lipinski definition) is 6. The molecule has 3 atom stereocenters. The molecule has 0 aromatic heterocycles. The van der Waals surface area contributed by atoms with E-state index in [0.717, 1.165) is 0 Å². The molecule has 22 heavy (non-hydrogen) atoms. The third-order valence-electron chi connectivity index (χ3n) is 3.80. The van der Waals surface area contributed by atoms with E-state index in [1.807, 2.05) is 0 Å². The Balaban J connectivity index is 2.41. The van der Waals surface area contributed by atoms with Crippen molar-refractivity contribution in [3.05, 3.63) is 0 Å². The summed E-state index contributed by atoms with van der Waals surface area (Å²) in [5.41, 5.74) is 0. The number of hydrogen-bond donors (Lipinski definition) is 0. The molecule has 0 N–H and O–H groups in total. The van der Waals surface area contributed by atoms with E-state index in [-0.39, 0.29) is 0 Å². The van der Waals surface area contributed by atoms with Gasteiger partial charge in [-0.05, 0) is 53.0 Å². The van der Waals surface area contributed by atoms with Gasteiger partial charge in [0, 0.05) is 28.3 Å². The highest BCUT2D eigenvalue weighted by Crippen LogP contribution is 2.97. The predicted molar refractivity (Wildman–Crippen MR) is 117 cm³/mol. The fourth-order valence-electron chi connectivity index (χ4n) is 4.24. The van der Waals surface area contributed by atoms with E-state index in [4.69, 9.17) is 18.1 Å². The monoisotopic (exact) mass is 418 g/mol. The van der Waals surface area contributed by atoms with Crippen molar-refractivity contribution in [2.24, 2.45) is 18.1 Å². The second-order valence-electron chi connectivity index (χ2n) is 7.55. The molecule has 3 rings (SSSR count). The summed E-state index contributed by atoms with van der Waals surface area (Å²) in [5.74, 6) is 0. The molecule has 0 saturated heterocycles. The van der Waals surface area contributed by atoms with Gasteiger partial charge in [-0.3, -0.25) is 0 Å². The molecule has 12 heteroatoms. The summed E-state index contributed by atoms with van der Waals surface area (Å²) < 4.78 is 26.0. The first-order valence-electron chi connectivity index (χ1n) is 7.01. The highest BCUT2D eigenvalue weighted by Gasteiger charge is 2.53. The van der Waals surface area contributed by atoms with Crippen molar-refractivity contribution in [1.29, 1.82) is 0 Å². The maximum Gasteiger partial charge on any atom is 0.168 e. The summed E-state index contributed by atoms with van der Waals surface area (Å²) in [5, 5.41) is 0. The van der Waals surface area contributed by atoms with Crippen LogP contribution in [0.25, 0.3) is 0 Å². The summed E-state index contributed by atoms with van der Waals surface area (Å²) in [7, 11) is -10.3. The molecule has 3 heterocycles. The van der Waals surface area contributed by atoms with Crippen LogP contribution in [0.2, 0.25) is 0 Å². The van der Waals surface area contributed by atoms with Crippen molar-refractivity contribution >= 4 is 56.1 Å². The molecule has 6 nitrogen and oxygen atoms in total. The first kappa shape index (κ1) is 18.2. The molecule has 0 saturated carbocycles. The molecular formula is C10H28N6P6. The van der Waals surface area contributed by atoms with E-state index in [0.29, 0.717) is 0 Å². The van der Waals surface area contributed by atoms with Gasteiger partial charge < -0.3 is 0 Å². The normalized spacial score (nSPS) is 48.4. The van der Waals surface area contributed by atoms with E-state index >= 15 is 0 Å². The lowest BCUT2D eigenvalue weighted by atomic mass is 11.9. The highest BCUT2D eigenvalue weighted by molar-refractivity contribution is 8.07. The lowest BCUT2D eigenvalue weighted by Crippen LogP contribution is -2.24. The van der Waals surface area contributed by atoms with Gasteiger partial charge >= 0.3 is 0 Å². The maximum atomic E-state index is 5.33. The molecule has 128 valence electrons. The van der Waals surface area contributed by atoms with Crippen molar-refractivity contribution in [3.8, 4) is 0 Å². The molecule has 3 unspecified atom stereocenters. The van der Waals surface area contributed by atoms with Crippen molar-refractivity contribution in [2.45, 2.75) is 0 Å². The highest BCUT2D eigenvalue weighted by atomic mass is 31.3. The van der Waals surface area contributed by atoms with Crippen LogP contribution in [0.15, 0.2) is 18.1 Å². The van der Waals surface area contributed by atoms with E-state index in [2.05, 4.69) is 74.3 Å². The Morgan fingerprint density at radius 3 is 1.41 bits per heavy atom. The van der Waals surface area contributed by atoms with E-state index in [1.54, 1.807) is 0 Å². The quantitative estimate of drug-likeness (QED) is 0.421. The second kappa shape index (κ2) is 4.58. The Morgan fingerprint density at radius 2 is 1.00 bits per heavy atom. The molecule has 0 radical (unpaired) electrons. The van der Waals surface area contributed by atoms with Crippen LogP contribution in [0.1, 0.15) is 0 Å². The first-order chi connectivity index (χ1) is 9.56. The lowest BCUT2D eigenvalue weighted by Gasteiger charge is -2.58. The van der Waals surface area contributed by atoms with Gasteiger partial charge in [0.2, 0.25) is 0 Å². The maximum absolute atomic E-state index is 5.33. The van der Waals surface area contributed by atoms with Gasteiger partial charge in [0.1, 0.15) is 0 Å². The molecular weight excluding hydrogens is 390 g/mol. The van der Waals surface area contributed by atoms with E-state index in [1.165, 1.54) is 0 Å². The van der Waals surface area contributed by atoms with Crippen molar-refractivity contribution in [1.82, 2.24) is 8.42 Å². The topological polar surface area (TPSA) is 55.9 Å². The standard InChI is InChI=1S/C10H28N6P6/c1-17(2)11-21(9)14-20(7,8)16-18(3,4)12-22(16,10)13-19(5,6)15(17)21/h5,9H2,1-4,6-8,10H3. The van der Waals surface area contributed by atoms with Crippen LogP contribution < -0.4 is 0 Å². The van der Waals surface area contributed by atoms with Gasteiger partial charge in [-0.15, -0.1) is 0 Å². The fraction of sp³-hybridized carbons (Fsp3) is 0.800. The molecule has 3 aliphatic rings. The van der Waals surface area contributed by atoms with Crippen LogP contribution in [-0.4, -0.2) is 74.3 Å². The second-order valence-corrected chi connectivity index (χ2v) is 28.0. The Morgan fingerprint density at radius 1 is 0.591 bits per heavy atom. The third-order valence-corrected chi connectivity index (χ3v) is 34.2. The average molecular weight is 418 g/mol. The molecule has 0 spiro atoms. The van der Waals surface area contributed by atoms with E-state index in [9.17, 15) is 0 Å². The Labute approximate surface area is 136 Å². The van der Waals surface area contributed by atoms with Crippen LogP contribution in [0, 0.1) is 0 Å². The van der Waals surface area contributed by atoms with Gasteiger partial charge in [0.25, 0.3) is 0 Å². The van der Waals surface area contributed by atoms with Gasteiger partial charge in [-0.25, -0.2) is 18.1 Å². The largest absolute Gasteiger partial charge is 0.233 e. The minimum absolute atomic E-state index is 1.42. The van der Waals surface area contributed by atoms with Crippen LogP contribution in [0.4, 0.5) is 0 Å². The first-order valence-corrected chi connectivity index (χ1v) is 21.0. The summed E-state index contributed by atoms with van der Waals surface area (Å²) >= 11 is 0. The number of fused-ring (bicyclic) bond motifs is 2. The third kappa shape index (κ3) is 2.37. The van der Waals surface area contributed by atoms with Crippen molar-refractivity contribution in [3.63, 3.8) is 0 Å². The smallest absolute Gasteiger partial charge is 0.168 e. The molecule has 3 aliphatic heterocycles. The van der Waals surface area contributed by atoms with Crippen LogP contribution in [-0.2, 0) is 0 Å². The minimum atomic E-state index is -2.02. The predicted octanol–water partition coefficient (Wildman–Crippen LogP) is 6.52. The SMILES string of the molecule is C=P1(C)N=P2(C)N=P(C)(C)N2P(C)(C)=NP2(=C)N=P(C)(C)N12. The molecule has 0 aliphatic carbocycles. The molecule has 0 fully saturated rings. The van der Waals surface area contributed by atoms with Gasteiger partial charge in [0.15, 0.2) is 14.7 Å². The fourth-order valence-corrected chi connectivity index (χ4v) is 42.6. The van der Waals surface area contributed by atoms with Crippen molar-refractivity contribution < 1.29 is 0 Å². The molecule has 0 amide bonds. The van der Waals surface area contributed by atoms with Gasteiger partial charge in [-0.1, -0.05) is 6.30 Å². The zero-order valence-corrected chi connectivity index (χ0v) is 20.1. The Bertz CT molecular complexity index is 891. The molecule has 0 aromatic rings.